The third kappa shape index (κ3) is 6.26. The molecule has 1 aliphatic heterocycles. The molecule has 1 spiro atoms. The van der Waals surface area contributed by atoms with E-state index in [1.165, 1.54) is 31.4 Å². The van der Waals surface area contributed by atoms with Gasteiger partial charge in [0.05, 0.1) is 16.6 Å². The SMILES string of the molecule is Cc1cccc(C)c1-c1cc2nc(n1)NS(=O)(=O)c1cccc(c1)C(=O)N(CC1(N(C)C)CC3(CCC3)C1)[C@H](CC(C)(C)C)CO2. The van der Waals surface area contributed by atoms with Gasteiger partial charge in [-0.05, 0) is 100 Å². The lowest BCUT2D eigenvalue weighted by molar-refractivity contribution is -0.123. The fourth-order valence-electron chi connectivity index (χ4n) is 7.81. The molecule has 1 N–H and O–H groups in total. The minimum atomic E-state index is -4.12. The molecule has 2 fully saturated rings. The van der Waals surface area contributed by atoms with Gasteiger partial charge in [0.15, 0.2) is 0 Å². The molecule has 2 aliphatic carbocycles. The van der Waals surface area contributed by atoms with Gasteiger partial charge in [-0.2, -0.15) is 4.98 Å². The quantitative estimate of drug-likeness (QED) is 0.339. The maximum absolute atomic E-state index is 14.6. The Labute approximate surface area is 273 Å². The number of hydrogen-bond donors (Lipinski definition) is 1. The van der Waals surface area contributed by atoms with Gasteiger partial charge in [0.25, 0.3) is 15.9 Å². The molecular weight excluding hydrogens is 598 g/mol. The van der Waals surface area contributed by atoms with Crippen LogP contribution in [0, 0.1) is 24.7 Å². The summed E-state index contributed by atoms with van der Waals surface area (Å²) in [6.07, 6.45) is 6.55. The van der Waals surface area contributed by atoms with Crippen molar-refractivity contribution < 1.29 is 17.9 Å². The maximum atomic E-state index is 14.6. The van der Waals surface area contributed by atoms with E-state index in [2.05, 4.69) is 54.5 Å². The fourth-order valence-corrected chi connectivity index (χ4v) is 8.80. The number of aromatic nitrogens is 2. The van der Waals surface area contributed by atoms with Gasteiger partial charge in [-0.15, -0.1) is 0 Å². The van der Waals surface area contributed by atoms with E-state index >= 15 is 0 Å². The van der Waals surface area contributed by atoms with Crippen molar-refractivity contribution >= 4 is 21.9 Å². The van der Waals surface area contributed by atoms with Crippen molar-refractivity contribution in [3.63, 3.8) is 0 Å². The zero-order valence-corrected chi connectivity index (χ0v) is 29.0. The van der Waals surface area contributed by atoms with E-state index in [0.29, 0.717) is 29.6 Å². The van der Waals surface area contributed by atoms with Crippen molar-refractivity contribution in [3.8, 4) is 17.1 Å². The number of benzene rings is 2. The van der Waals surface area contributed by atoms with E-state index in [-0.39, 0.29) is 46.2 Å². The molecule has 1 aromatic heterocycles. The van der Waals surface area contributed by atoms with Gasteiger partial charge in [0.2, 0.25) is 11.8 Å². The zero-order valence-electron chi connectivity index (χ0n) is 28.2. The monoisotopic (exact) mass is 645 g/mol. The van der Waals surface area contributed by atoms with Crippen molar-refractivity contribution in [3.05, 3.63) is 65.2 Å². The number of carbonyl (C=O) groups is 1. The molecular formula is C36H47N5O4S. The number of ether oxygens (including phenoxy) is 1. The van der Waals surface area contributed by atoms with Gasteiger partial charge in [-0.3, -0.25) is 4.79 Å². The average Bonchev–Trinajstić information content (AvgIpc) is 2.92. The molecule has 2 aromatic carbocycles. The summed E-state index contributed by atoms with van der Waals surface area (Å²) in [4.78, 5) is 28.0. The number of fused-ring (bicyclic) bond motifs is 4. The molecule has 10 heteroatoms. The molecule has 246 valence electrons. The first-order valence-electron chi connectivity index (χ1n) is 16.3. The summed E-state index contributed by atoms with van der Waals surface area (Å²) in [6, 6.07) is 13.8. The number of rotatable bonds is 5. The normalized spacial score (nSPS) is 21.6. The Morgan fingerprint density at radius 1 is 1.02 bits per heavy atom. The van der Waals surface area contributed by atoms with Gasteiger partial charge < -0.3 is 14.5 Å². The van der Waals surface area contributed by atoms with Crippen LogP contribution in [0.4, 0.5) is 5.95 Å². The number of amides is 1. The second-order valence-electron chi connectivity index (χ2n) is 15.3. The minimum Gasteiger partial charge on any atom is -0.475 e. The van der Waals surface area contributed by atoms with Crippen molar-refractivity contribution in [1.29, 1.82) is 0 Å². The highest BCUT2D eigenvalue weighted by Gasteiger charge is 2.59. The van der Waals surface area contributed by atoms with E-state index in [0.717, 1.165) is 29.5 Å². The Morgan fingerprint density at radius 2 is 1.70 bits per heavy atom. The molecule has 4 bridgehead atoms. The van der Waals surface area contributed by atoms with Gasteiger partial charge in [0.1, 0.15) is 6.61 Å². The first-order chi connectivity index (χ1) is 21.6. The summed E-state index contributed by atoms with van der Waals surface area (Å²) in [5, 5.41) is 0. The Hall–Kier alpha value is -3.50. The summed E-state index contributed by atoms with van der Waals surface area (Å²) in [7, 11) is 0.103. The first-order valence-corrected chi connectivity index (χ1v) is 17.8. The third-order valence-corrected chi connectivity index (χ3v) is 11.6. The molecule has 2 heterocycles. The van der Waals surface area contributed by atoms with E-state index in [9.17, 15) is 13.2 Å². The van der Waals surface area contributed by atoms with E-state index in [4.69, 9.17) is 4.74 Å². The van der Waals surface area contributed by atoms with Crippen LogP contribution in [0.5, 0.6) is 5.88 Å². The van der Waals surface area contributed by atoms with Crippen LogP contribution in [0.15, 0.2) is 53.4 Å². The number of carbonyl (C=O) groups excluding carboxylic acids is 1. The van der Waals surface area contributed by atoms with Crippen LogP contribution in [0.3, 0.4) is 0 Å². The summed E-state index contributed by atoms with van der Waals surface area (Å²) in [6.45, 7) is 11.2. The minimum absolute atomic E-state index is 0.0205. The Bertz CT molecular complexity index is 1730. The highest BCUT2D eigenvalue weighted by molar-refractivity contribution is 7.92. The molecule has 0 radical (unpaired) electrons. The predicted molar refractivity (Wildman–Crippen MR) is 181 cm³/mol. The highest BCUT2D eigenvalue weighted by atomic mass is 32.2. The fraction of sp³-hybridized carbons (Fsp3) is 0.528. The molecule has 1 atom stereocenters. The Morgan fingerprint density at radius 3 is 2.30 bits per heavy atom. The Balaban J connectivity index is 1.48. The number of anilines is 1. The van der Waals surface area contributed by atoms with E-state index in [1.807, 2.05) is 36.9 Å². The first kappa shape index (κ1) is 32.4. The number of likely N-dealkylation sites (N-methyl/N-ethyl adjacent to an activating group) is 1. The van der Waals surface area contributed by atoms with Crippen molar-refractivity contribution in [2.75, 3.05) is 32.0 Å². The summed E-state index contributed by atoms with van der Waals surface area (Å²) in [5.74, 6) is -0.0249. The van der Waals surface area contributed by atoms with Crippen LogP contribution < -0.4 is 9.46 Å². The molecule has 46 heavy (non-hydrogen) atoms. The van der Waals surface area contributed by atoms with Gasteiger partial charge in [0, 0.05) is 29.3 Å². The second-order valence-corrected chi connectivity index (χ2v) is 17.0. The average molecular weight is 646 g/mol. The molecule has 6 rings (SSSR count). The number of nitrogens with one attached hydrogen (secondary N) is 1. The van der Waals surface area contributed by atoms with Crippen LogP contribution in [0.25, 0.3) is 11.3 Å². The largest absolute Gasteiger partial charge is 0.475 e. The Kier molecular flexibility index (Phi) is 8.20. The second kappa shape index (κ2) is 11.6. The number of aryl methyl sites for hydroxylation is 2. The van der Waals surface area contributed by atoms with Gasteiger partial charge in [-0.1, -0.05) is 51.5 Å². The summed E-state index contributed by atoms with van der Waals surface area (Å²) >= 11 is 0. The lowest BCUT2D eigenvalue weighted by Gasteiger charge is -2.64. The topological polar surface area (TPSA) is 105 Å². The number of nitrogens with zero attached hydrogens (tertiary/aromatic N) is 4. The highest BCUT2D eigenvalue weighted by Crippen LogP contribution is 2.62. The summed E-state index contributed by atoms with van der Waals surface area (Å²) in [5.41, 5.74) is 3.90. The summed E-state index contributed by atoms with van der Waals surface area (Å²) < 4.78 is 36.5. The van der Waals surface area contributed by atoms with Crippen LogP contribution in [0.1, 0.15) is 80.8 Å². The molecule has 3 aliphatic rings. The van der Waals surface area contributed by atoms with Crippen LogP contribution in [-0.2, 0) is 10.0 Å². The molecule has 0 unspecified atom stereocenters. The van der Waals surface area contributed by atoms with Gasteiger partial charge in [-0.25, -0.2) is 18.1 Å². The molecule has 1 amide bonds. The third-order valence-electron chi connectivity index (χ3n) is 10.3. The molecule has 9 nitrogen and oxygen atoms in total. The van der Waals surface area contributed by atoms with Crippen LogP contribution in [-0.4, -0.2) is 72.9 Å². The standard InChI is InChI=1S/C36H47N5O4S/c1-24-11-8-12-25(2)31(24)29-18-30-38-33(37-29)39-46(43,44)28-14-9-13-26(17-28)32(42)41(27(20-45-30)19-34(3,4)5)23-36(40(6)7)21-35(22-36)15-10-16-35/h8-9,11-14,17-18,27H,10,15-16,19-23H2,1-7H3,(H,37,38,39)/t27-/m1/s1. The lowest BCUT2D eigenvalue weighted by Crippen LogP contribution is -2.68. The van der Waals surface area contributed by atoms with Crippen molar-refractivity contribution in [1.82, 2.24) is 19.8 Å². The zero-order chi connectivity index (χ0) is 33.1. The number of hydrogen-bond acceptors (Lipinski definition) is 7. The van der Waals surface area contributed by atoms with Crippen molar-refractivity contribution in [2.24, 2.45) is 10.8 Å². The van der Waals surface area contributed by atoms with Gasteiger partial charge >= 0.3 is 0 Å². The molecule has 2 saturated carbocycles. The van der Waals surface area contributed by atoms with Crippen molar-refractivity contribution in [2.45, 2.75) is 89.6 Å². The molecule has 0 saturated heterocycles. The van der Waals surface area contributed by atoms with Crippen LogP contribution in [0.2, 0.25) is 0 Å². The van der Waals surface area contributed by atoms with E-state index < -0.39 is 10.0 Å². The predicted octanol–water partition coefficient (Wildman–Crippen LogP) is 6.47. The lowest BCUT2D eigenvalue weighted by atomic mass is 9.48. The van der Waals surface area contributed by atoms with E-state index in [1.54, 1.807) is 18.2 Å². The number of sulfonamides is 1. The molecule has 3 aromatic rings. The maximum Gasteiger partial charge on any atom is 0.264 e. The smallest absolute Gasteiger partial charge is 0.264 e. The van der Waals surface area contributed by atoms with Crippen LogP contribution >= 0.6 is 0 Å².